The van der Waals surface area contributed by atoms with Crippen molar-refractivity contribution in [1.82, 2.24) is 5.32 Å². The molecule has 0 aliphatic rings. The fraction of sp³-hybridized carbons (Fsp3) is 0.250. The number of carbonyl (C=O) groups is 1. The molecule has 0 unspecified atom stereocenters. The van der Waals surface area contributed by atoms with E-state index in [4.69, 9.17) is 4.74 Å². The molecule has 90 valence electrons. The van der Waals surface area contributed by atoms with Gasteiger partial charge in [-0.05, 0) is 17.5 Å². The first-order valence-electron chi connectivity index (χ1n) is 5.21. The number of thiophene rings is 2. The normalized spacial score (nSPS) is 10.4. The summed E-state index contributed by atoms with van der Waals surface area (Å²) < 4.78 is 4.88. The molecule has 1 amide bonds. The van der Waals surface area contributed by atoms with Gasteiger partial charge in [-0.3, -0.25) is 4.79 Å². The predicted octanol–water partition coefficient (Wildman–Crippen LogP) is 2.85. The van der Waals surface area contributed by atoms with Crippen molar-refractivity contribution >= 4 is 28.6 Å². The maximum Gasteiger partial charge on any atom is 0.261 e. The topological polar surface area (TPSA) is 38.3 Å². The van der Waals surface area contributed by atoms with Gasteiger partial charge in [0, 0.05) is 29.5 Å². The minimum Gasteiger partial charge on any atom is -0.383 e. The van der Waals surface area contributed by atoms with Crippen molar-refractivity contribution in [1.29, 1.82) is 0 Å². The van der Waals surface area contributed by atoms with Crippen LogP contribution in [0.1, 0.15) is 9.67 Å². The molecule has 2 heterocycles. The van der Waals surface area contributed by atoms with Gasteiger partial charge in [0.25, 0.3) is 5.91 Å². The molecular weight excluding hydrogens is 254 g/mol. The summed E-state index contributed by atoms with van der Waals surface area (Å²) in [5.41, 5.74) is 1.11. The molecule has 0 atom stereocenters. The molecule has 0 fully saturated rings. The second-order valence-corrected chi connectivity index (χ2v) is 5.28. The molecule has 2 rings (SSSR count). The number of rotatable bonds is 5. The lowest BCUT2D eigenvalue weighted by molar-refractivity contribution is 0.0941. The number of hydrogen-bond donors (Lipinski definition) is 1. The van der Waals surface area contributed by atoms with Gasteiger partial charge in [-0.15, -0.1) is 22.7 Å². The summed E-state index contributed by atoms with van der Waals surface area (Å²) >= 11 is 3.15. The fourth-order valence-corrected chi connectivity index (χ4v) is 2.99. The lowest BCUT2D eigenvalue weighted by Gasteiger charge is -2.01. The fourth-order valence-electron chi connectivity index (χ4n) is 1.38. The summed E-state index contributed by atoms with van der Waals surface area (Å²) in [6.45, 7) is 1.08. The highest BCUT2D eigenvalue weighted by Crippen LogP contribution is 2.29. The van der Waals surface area contributed by atoms with Gasteiger partial charge in [0.15, 0.2) is 0 Å². The third kappa shape index (κ3) is 3.15. The summed E-state index contributed by atoms with van der Waals surface area (Å²) in [5.74, 6) is -0.0325. The molecule has 3 nitrogen and oxygen atoms in total. The van der Waals surface area contributed by atoms with Crippen LogP contribution in [-0.4, -0.2) is 26.2 Å². The Kier molecular flexibility index (Phi) is 4.30. The average molecular weight is 267 g/mol. The second-order valence-electron chi connectivity index (χ2n) is 3.43. The van der Waals surface area contributed by atoms with Crippen molar-refractivity contribution in [3.63, 3.8) is 0 Å². The number of ether oxygens (including phenoxy) is 1. The minimum absolute atomic E-state index is 0.0325. The van der Waals surface area contributed by atoms with Crippen molar-refractivity contribution in [2.45, 2.75) is 0 Å². The van der Waals surface area contributed by atoms with E-state index in [1.165, 1.54) is 16.2 Å². The van der Waals surface area contributed by atoms with Gasteiger partial charge in [0.2, 0.25) is 0 Å². The Morgan fingerprint density at radius 2 is 2.35 bits per heavy atom. The highest BCUT2D eigenvalue weighted by atomic mass is 32.1. The van der Waals surface area contributed by atoms with Gasteiger partial charge in [0.1, 0.15) is 0 Å². The summed E-state index contributed by atoms with van der Waals surface area (Å²) in [4.78, 5) is 13.7. The van der Waals surface area contributed by atoms with E-state index in [1.807, 2.05) is 22.9 Å². The molecule has 2 aromatic heterocycles. The third-order valence-corrected chi connectivity index (χ3v) is 4.07. The molecule has 17 heavy (non-hydrogen) atoms. The van der Waals surface area contributed by atoms with E-state index >= 15 is 0 Å². The van der Waals surface area contributed by atoms with Crippen molar-refractivity contribution in [2.75, 3.05) is 20.3 Å². The molecule has 0 bridgehead atoms. The Hall–Kier alpha value is -1.17. The minimum atomic E-state index is -0.0325. The van der Waals surface area contributed by atoms with Crippen LogP contribution < -0.4 is 5.32 Å². The Balaban J connectivity index is 2.01. The second kappa shape index (κ2) is 5.95. The Morgan fingerprint density at radius 3 is 3.06 bits per heavy atom. The van der Waals surface area contributed by atoms with Crippen molar-refractivity contribution < 1.29 is 9.53 Å². The molecule has 5 heteroatoms. The molecule has 0 saturated heterocycles. The highest BCUT2D eigenvalue weighted by Gasteiger charge is 2.09. The Labute approximate surface area is 108 Å². The van der Waals surface area contributed by atoms with Crippen LogP contribution in [0.15, 0.2) is 29.0 Å². The molecule has 2 aromatic rings. The quantitative estimate of drug-likeness (QED) is 0.846. The SMILES string of the molecule is COCCNC(=O)c1cc(-c2cccs2)cs1. The first kappa shape index (κ1) is 12.3. The number of nitrogens with one attached hydrogen (secondary N) is 1. The highest BCUT2D eigenvalue weighted by molar-refractivity contribution is 7.15. The smallest absolute Gasteiger partial charge is 0.261 e. The van der Waals surface area contributed by atoms with E-state index in [0.29, 0.717) is 13.2 Å². The van der Waals surface area contributed by atoms with E-state index < -0.39 is 0 Å². The van der Waals surface area contributed by atoms with E-state index in [9.17, 15) is 4.79 Å². The van der Waals surface area contributed by atoms with Gasteiger partial charge in [-0.1, -0.05) is 6.07 Å². The zero-order chi connectivity index (χ0) is 12.1. The molecule has 0 spiro atoms. The summed E-state index contributed by atoms with van der Waals surface area (Å²) in [6, 6.07) is 5.99. The standard InChI is InChI=1S/C12H13NO2S2/c1-15-5-4-13-12(14)11-7-9(8-17-11)10-3-2-6-16-10/h2-3,6-8H,4-5H2,1H3,(H,13,14). The van der Waals surface area contributed by atoms with Gasteiger partial charge in [-0.2, -0.15) is 0 Å². The van der Waals surface area contributed by atoms with E-state index in [1.54, 1.807) is 18.4 Å². The first-order chi connectivity index (χ1) is 8.31. The van der Waals surface area contributed by atoms with Crippen LogP contribution in [0.3, 0.4) is 0 Å². The van der Waals surface area contributed by atoms with Gasteiger partial charge in [-0.25, -0.2) is 0 Å². The Bertz CT molecular complexity index is 476. The summed E-state index contributed by atoms with van der Waals surface area (Å²) in [6.07, 6.45) is 0. The van der Waals surface area contributed by atoms with Crippen LogP contribution in [0.4, 0.5) is 0 Å². The van der Waals surface area contributed by atoms with Crippen molar-refractivity contribution in [3.8, 4) is 10.4 Å². The van der Waals surface area contributed by atoms with E-state index in [-0.39, 0.29) is 5.91 Å². The Morgan fingerprint density at radius 1 is 1.47 bits per heavy atom. The van der Waals surface area contributed by atoms with E-state index in [0.717, 1.165) is 10.4 Å². The van der Waals surface area contributed by atoms with Crippen LogP contribution in [0.5, 0.6) is 0 Å². The van der Waals surface area contributed by atoms with Crippen LogP contribution in [-0.2, 0) is 4.74 Å². The first-order valence-corrected chi connectivity index (χ1v) is 6.96. The van der Waals surface area contributed by atoms with Crippen LogP contribution >= 0.6 is 22.7 Å². The lowest BCUT2D eigenvalue weighted by Crippen LogP contribution is -2.26. The largest absolute Gasteiger partial charge is 0.383 e. The number of amides is 1. The average Bonchev–Trinajstić information content (AvgIpc) is 3.00. The monoisotopic (exact) mass is 267 g/mol. The molecule has 0 radical (unpaired) electrons. The van der Waals surface area contributed by atoms with Gasteiger partial charge < -0.3 is 10.1 Å². The maximum atomic E-state index is 11.7. The number of methoxy groups -OCH3 is 1. The van der Waals surface area contributed by atoms with Crippen LogP contribution in [0.2, 0.25) is 0 Å². The summed E-state index contributed by atoms with van der Waals surface area (Å²) in [5, 5.41) is 6.85. The number of hydrogen-bond acceptors (Lipinski definition) is 4. The third-order valence-electron chi connectivity index (χ3n) is 2.22. The van der Waals surface area contributed by atoms with E-state index in [2.05, 4.69) is 11.4 Å². The molecule has 0 aliphatic carbocycles. The molecule has 0 saturated carbocycles. The van der Waals surface area contributed by atoms with Crippen molar-refractivity contribution in [3.05, 3.63) is 33.8 Å². The number of carbonyl (C=O) groups excluding carboxylic acids is 1. The van der Waals surface area contributed by atoms with Crippen LogP contribution in [0, 0.1) is 0 Å². The lowest BCUT2D eigenvalue weighted by atomic mass is 10.2. The molecule has 0 aromatic carbocycles. The predicted molar refractivity (Wildman–Crippen MR) is 71.8 cm³/mol. The van der Waals surface area contributed by atoms with Crippen LogP contribution in [0.25, 0.3) is 10.4 Å². The molecular formula is C12H13NO2S2. The van der Waals surface area contributed by atoms with Gasteiger partial charge >= 0.3 is 0 Å². The maximum absolute atomic E-state index is 11.7. The summed E-state index contributed by atoms with van der Waals surface area (Å²) in [7, 11) is 1.62. The zero-order valence-corrected chi connectivity index (χ0v) is 11.1. The van der Waals surface area contributed by atoms with Crippen molar-refractivity contribution in [2.24, 2.45) is 0 Å². The van der Waals surface area contributed by atoms with Gasteiger partial charge in [0.05, 0.1) is 11.5 Å². The zero-order valence-electron chi connectivity index (χ0n) is 9.43. The molecule has 1 N–H and O–H groups in total. The molecule has 0 aliphatic heterocycles.